The van der Waals surface area contributed by atoms with Gasteiger partial charge in [0.05, 0.1) is 25.4 Å². The SMILES string of the molecule is CC1COCC(C2CC2)O1. The third kappa shape index (κ3) is 1.32. The van der Waals surface area contributed by atoms with Crippen molar-refractivity contribution in [2.75, 3.05) is 13.2 Å². The van der Waals surface area contributed by atoms with Crippen molar-refractivity contribution in [3.05, 3.63) is 0 Å². The van der Waals surface area contributed by atoms with E-state index in [1.807, 2.05) is 0 Å². The van der Waals surface area contributed by atoms with E-state index in [1.165, 1.54) is 12.8 Å². The topological polar surface area (TPSA) is 18.5 Å². The molecule has 2 heteroatoms. The van der Waals surface area contributed by atoms with Gasteiger partial charge < -0.3 is 9.47 Å². The average Bonchev–Trinajstić information content (AvgIpc) is 2.68. The van der Waals surface area contributed by atoms with Crippen LogP contribution in [0.25, 0.3) is 0 Å². The van der Waals surface area contributed by atoms with Crippen molar-refractivity contribution in [2.45, 2.75) is 32.0 Å². The van der Waals surface area contributed by atoms with Gasteiger partial charge in [0, 0.05) is 0 Å². The highest BCUT2D eigenvalue weighted by Crippen LogP contribution is 2.35. The van der Waals surface area contributed by atoms with Crippen LogP contribution in [0, 0.1) is 5.92 Å². The molecule has 0 bridgehead atoms. The van der Waals surface area contributed by atoms with Crippen molar-refractivity contribution in [2.24, 2.45) is 5.92 Å². The molecular formula is C8H14O2. The first kappa shape index (κ1) is 6.62. The minimum absolute atomic E-state index is 0.319. The molecule has 0 N–H and O–H groups in total. The quantitative estimate of drug-likeness (QED) is 0.547. The van der Waals surface area contributed by atoms with Crippen LogP contribution in [0.3, 0.4) is 0 Å². The van der Waals surface area contributed by atoms with Crippen molar-refractivity contribution >= 4 is 0 Å². The van der Waals surface area contributed by atoms with Crippen molar-refractivity contribution in [3.63, 3.8) is 0 Å². The highest BCUT2D eigenvalue weighted by Gasteiger charge is 2.35. The predicted molar refractivity (Wildman–Crippen MR) is 37.9 cm³/mol. The van der Waals surface area contributed by atoms with E-state index in [0.29, 0.717) is 12.2 Å². The molecule has 2 atom stereocenters. The Balaban J connectivity index is 1.84. The monoisotopic (exact) mass is 142 g/mol. The molecular weight excluding hydrogens is 128 g/mol. The minimum Gasteiger partial charge on any atom is -0.376 e. The Bertz CT molecular complexity index is 120. The second-order valence-electron chi connectivity index (χ2n) is 3.36. The molecule has 10 heavy (non-hydrogen) atoms. The van der Waals surface area contributed by atoms with Crippen LogP contribution in [-0.2, 0) is 9.47 Å². The fourth-order valence-corrected chi connectivity index (χ4v) is 1.44. The maximum absolute atomic E-state index is 5.69. The number of rotatable bonds is 1. The van der Waals surface area contributed by atoms with Gasteiger partial charge in [-0.05, 0) is 25.7 Å². The van der Waals surface area contributed by atoms with Gasteiger partial charge in [-0.2, -0.15) is 0 Å². The molecule has 1 aliphatic heterocycles. The first-order valence-corrected chi connectivity index (χ1v) is 4.09. The molecule has 0 amide bonds. The Labute approximate surface area is 61.5 Å². The second-order valence-corrected chi connectivity index (χ2v) is 3.36. The van der Waals surface area contributed by atoms with Gasteiger partial charge in [0.2, 0.25) is 0 Å². The molecule has 0 spiro atoms. The van der Waals surface area contributed by atoms with Crippen molar-refractivity contribution in [3.8, 4) is 0 Å². The van der Waals surface area contributed by atoms with Crippen molar-refractivity contribution in [1.82, 2.24) is 0 Å². The third-order valence-corrected chi connectivity index (χ3v) is 2.19. The summed E-state index contributed by atoms with van der Waals surface area (Å²) in [5.41, 5.74) is 0. The van der Waals surface area contributed by atoms with Crippen LogP contribution in [0.5, 0.6) is 0 Å². The Morgan fingerprint density at radius 1 is 1.20 bits per heavy atom. The summed E-state index contributed by atoms with van der Waals surface area (Å²) < 4.78 is 11.1. The van der Waals surface area contributed by atoms with Crippen LogP contribution in [0.4, 0.5) is 0 Å². The smallest absolute Gasteiger partial charge is 0.0841 e. The maximum atomic E-state index is 5.69. The Kier molecular flexibility index (Phi) is 1.66. The Hall–Kier alpha value is -0.0800. The molecule has 2 rings (SSSR count). The van der Waals surface area contributed by atoms with E-state index in [1.54, 1.807) is 0 Å². The van der Waals surface area contributed by atoms with E-state index in [-0.39, 0.29) is 0 Å². The largest absolute Gasteiger partial charge is 0.376 e. The van der Waals surface area contributed by atoms with Crippen LogP contribution >= 0.6 is 0 Å². The molecule has 0 aromatic carbocycles. The highest BCUT2D eigenvalue weighted by atomic mass is 16.6. The van der Waals surface area contributed by atoms with Crippen LogP contribution in [0.15, 0.2) is 0 Å². The third-order valence-electron chi connectivity index (χ3n) is 2.19. The molecule has 58 valence electrons. The first-order valence-electron chi connectivity index (χ1n) is 4.09. The van der Waals surface area contributed by atoms with Crippen molar-refractivity contribution < 1.29 is 9.47 Å². The maximum Gasteiger partial charge on any atom is 0.0841 e. The molecule has 0 radical (unpaired) electrons. The van der Waals surface area contributed by atoms with Gasteiger partial charge in [0.15, 0.2) is 0 Å². The van der Waals surface area contributed by atoms with E-state index >= 15 is 0 Å². The zero-order valence-electron chi connectivity index (χ0n) is 6.38. The highest BCUT2D eigenvalue weighted by molar-refractivity contribution is 4.84. The summed E-state index contributed by atoms with van der Waals surface area (Å²) in [6, 6.07) is 0. The van der Waals surface area contributed by atoms with E-state index in [9.17, 15) is 0 Å². The molecule has 1 heterocycles. The summed E-state index contributed by atoms with van der Waals surface area (Å²) in [6.45, 7) is 3.69. The molecule has 2 fully saturated rings. The second kappa shape index (κ2) is 2.51. The first-order chi connectivity index (χ1) is 4.86. The Morgan fingerprint density at radius 2 is 2.00 bits per heavy atom. The summed E-state index contributed by atoms with van der Waals surface area (Å²) >= 11 is 0. The fourth-order valence-electron chi connectivity index (χ4n) is 1.44. The van der Waals surface area contributed by atoms with Gasteiger partial charge >= 0.3 is 0 Å². The van der Waals surface area contributed by atoms with Gasteiger partial charge in [0.1, 0.15) is 0 Å². The lowest BCUT2D eigenvalue weighted by molar-refractivity contribution is -0.137. The molecule has 0 aromatic heterocycles. The van der Waals surface area contributed by atoms with Gasteiger partial charge in [-0.15, -0.1) is 0 Å². The average molecular weight is 142 g/mol. The fraction of sp³-hybridized carbons (Fsp3) is 1.00. The van der Waals surface area contributed by atoms with Gasteiger partial charge in [-0.25, -0.2) is 0 Å². The number of hydrogen-bond donors (Lipinski definition) is 0. The van der Waals surface area contributed by atoms with Gasteiger partial charge in [-0.1, -0.05) is 0 Å². The Morgan fingerprint density at radius 3 is 2.60 bits per heavy atom. The summed E-state index contributed by atoms with van der Waals surface area (Å²) in [4.78, 5) is 0. The van der Waals surface area contributed by atoms with Gasteiger partial charge in [0.25, 0.3) is 0 Å². The number of ether oxygens (including phenoxy) is 2. The molecule has 2 aliphatic rings. The molecule has 1 saturated heterocycles. The lowest BCUT2D eigenvalue weighted by Gasteiger charge is -2.27. The van der Waals surface area contributed by atoms with Crippen molar-refractivity contribution in [1.29, 1.82) is 0 Å². The predicted octanol–water partition coefficient (Wildman–Crippen LogP) is 1.20. The zero-order valence-corrected chi connectivity index (χ0v) is 6.38. The molecule has 0 aromatic rings. The minimum atomic E-state index is 0.319. The number of hydrogen-bond acceptors (Lipinski definition) is 2. The summed E-state index contributed by atoms with van der Waals surface area (Å²) in [7, 11) is 0. The summed E-state index contributed by atoms with van der Waals surface area (Å²) in [5, 5.41) is 0. The van der Waals surface area contributed by atoms with E-state index in [4.69, 9.17) is 9.47 Å². The normalized spacial score (nSPS) is 41.7. The van der Waals surface area contributed by atoms with Crippen LogP contribution < -0.4 is 0 Å². The van der Waals surface area contributed by atoms with E-state index in [2.05, 4.69) is 6.92 Å². The van der Waals surface area contributed by atoms with E-state index in [0.717, 1.165) is 19.1 Å². The standard InChI is InChI=1S/C8H14O2/c1-6-4-9-5-8(10-6)7-2-3-7/h6-8H,2-5H2,1H3. The lowest BCUT2D eigenvalue weighted by atomic mass is 10.2. The lowest BCUT2D eigenvalue weighted by Crippen LogP contribution is -2.35. The van der Waals surface area contributed by atoms with Crippen LogP contribution in [0.2, 0.25) is 0 Å². The van der Waals surface area contributed by atoms with E-state index < -0.39 is 0 Å². The zero-order chi connectivity index (χ0) is 6.97. The molecule has 1 saturated carbocycles. The molecule has 2 unspecified atom stereocenters. The van der Waals surface area contributed by atoms with Gasteiger partial charge in [-0.3, -0.25) is 0 Å². The summed E-state index contributed by atoms with van der Waals surface area (Å²) in [6.07, 6.45) is 3.43. The van der Waals surface area contributed by atoms with Crippen LogP contribution in [-0.4, -0.2) is 25.4 Å². The molecule has 2 nitrogen and oxygen atoms in total. The summed E-state index contributed by atoms with van der Waals surface area (Å²) in [5.74, 6) is 0.822. The van der Waals surface area contributed by atoms with Crippen LogP contribution in [0.1, 0.15) is 19.8 Å². The molecule has 1 aliphatic carbocycles.